The van der Waals surface area contributed by atoms with Gasteiger partial charge in [0, 0.05) is 11.4 Å². The summed E-state index contributed by atoms with van der Waals surface area (Å²) in [5.41, 5.74) is 2.21. The van der Waals surface area contributed by atoms with Gasteiger partial charge in [-0.05, 0) is 55.8 Å². The number of anilines is 1. The van der Waals surface area contributed by atoms with Crippen LogP contribution in [0.5, 0.6) is 0 Å². The van der Waals surface area contributed by atoms with Crippen LogP contribution >= 0.6 is 0 Å². The monoisotopic (exact) mass is 377 g/mol. The van der Waals surface area contributed by atoms with Crippen molar-refractivity contribution in [3.8, 4) is 11.8 Å². The fraction of sp³-hybridized carbons (Fsp3) is 0.0909. The summed E-state index contributed by atoms with van der Waals surface area (Å²) < 4.78 is 29.6. The van der Waals surface area contributed by atoms with Crippen LogP contribution in [0.1, 0.15) is 17.0 Å². The summed E-state index contributed by atoms with van der Waals surface area (Å²) >= 11 is 0. The molecule has 0 saturated heterocycles. The minimum absolute atomic E-state index is 0.00882. The van der Waals surface area contributed by atoms with E-state index >= 15 is 0 Å². The lowest BCUT2D eigenvalue weighted by Gasteiger charge is -2.10. The van der Waals surface area contributed by atoms with Crippen molar-refractivity contribution in [2.75, 3.05) is 5.32 Å². The van der Waals surface area contributed by atoms with Gasteiger partial charge in [-0.15, -0.1) is 0 Å². The normalized spacial score (nSPS) is 11.2. The van der Waals surface area contributed by atoms with Gasteiger partial charge in [0.1, 0.15) is 23.3 Å². The molecule has 2 aromatic carbocycles. The molecule has 0 aliphatic rings. The summed E-state index contributed by atoms with van der Waals surface area (Å²) in [6.45, 7) is 3.58. The Hall–Kier alpha value is -3.72. The highest BCUT2D eigenvalue weighted by Crippen LogP contribution is 2.24. The number of amides is 1. The summed E-state index contributed by atoms with van der Waals surface area (Å²) in [5.74, 6) is -1.69. The number of nitrogens with zero attached hydrogens (tertiary/aromatic N) is 2. The second-order valence-electron chi connectivity index (χ2n) is 6.22. The van der Waals surface area contributed by atoms with Crippen LogP contribution in [-0.2, 0) is 4.79 Å². The van der Waals surface area contributed by atoms with Gasteiger partial charge in [0.2, 0.25) is 0 Å². The third-order valence-electron chi connectivity index (χ3n) is 4.35. The van der Waals surface area contributed by atoms with Gasteiger partial charge in [0.25, 0.3) is 5.91 Å². The Morgan fingerprint density at radius 3 is 2.36 bits per heavy atom. The van der Waals surface area contributed by atoms with E-state index in [1.165, 1.54) is 30.3 Å². The van der Waals surface area contributed by atoms with Crippen LogP contribution in [0.2, 0.25) is 0 Å². The molecule has 6 heteroatoms. The smallest absolute Gasteiger partial charge is 0.266 e. The highest BCUT2D eigenvalue weighted by molar-refractivity contribution is 6.09. The van der Waals surface area contributed by atoms with Crippen LogP contribution in [0.15, 0.2) is 60.2 Å². The van der Waals surface area contributed by atoms with E-state index in [2.05, 4.69) is 5.32 Å². The highest BCUT2D eigenvalue weighted by atomic mass is 19.1. The molecule has 0 spiro atoms. The fourth-order valence-corrected chi connectivity index (χ4v) is 2.99. The Balaban J connectivity index is 1.97. The molecular formula is C22H17F2N3O. The van der Waals surface area contributed by atoms with Crippen molar-refractivity contribution in [2.24, 2.45) is 0 Å². The first kappa shape index (κ1) is 19.1. The molecule has 3 rings (SSSR count). The Morgan fingerprint density at radius 2 is 1.71 bits per heavy atom. The number of rotatable bonds is 4. The lowest BCUT2D eigenvalue weighted by atomic mass is 10.1. The van der Waals surface area contributed by atoms with Gasteiger partial charge >= 0.3 is 0 Å². The molecule has 0 aliphatic carbocycles. The molecule has 0 aliphatic heterocycles. The number of aromatic nitrogens is 1. The van der Waals surface area contributed by atoms with Crippen LogP contribution in [-0.4, -0.2) is 10.5 Å². The molecule has 1 aromatic heterocycles. The number of nitrogens with one attached hydrogen (secondary N) is 1. The molecule has 0 fully saturated rings. The van der Waals surface area contributed by atoms with Gasteiger partial charge in [0.05, 0.1) is 11.4 Å². The van der Waals surface area contributed by atoms with Crippen LogP contribution in [0, 0.1) is 36.8 Å². The molecule has 28 heavy (non-hydrogen) atoms. The summed E-state index contributed by atoms with van der Waals surface area (Å²) in [4.78, 5) is 12.4. The first-order chi connectivity index (χ1) is 13.4. The number of carbonyl (C=O) groups is 1. The molecule has 140 valence electrons. The minimum atomic E-state index is -0.719. The second kappa shape index (κ2) is 7.89. The van der Waals surface area contributed by atoms with Gasteiger partial charge < -0.3 is 9.88 Å². The lowest BCUT2D eigenvalue weighted by molar-refractivity contribution is -0.112. The quantitative estimate of drug-likeness (QED) is 0.518. The van der Waals surface area contributed by atoms with Crippen molar-refractivity contribution in [2.45, 2.75) is 13.8 Å². The molecule has 0 saturated carbocycles. The van der Waals surface area contributed by atoms with Gasteiger partial charge in [-0.25, -0.2) is 8.78 Å². The van der Waals surface area contributed by atoms with Gasteiger partial charge in [-0.1, -0.05) is 24.3 Å². The summed E-state index contributed by atoms with van der Waals surface area (Å²) in [5, 5.41) is 11.8. The van der Waals surface area contributed by atoms with Crippen molar-refractivity contribution >= 4 is 17.7 Å². The molecule has 0 bridgehead atoms. The van der Waals surface area contributed by atoms with E-state index < -0.39 is 11.7 Å². The first-order valence-corrected chi connectivity index (χ1v) is 8.54. The van der Waals surface area contributed by atoms with Crippen molar-refractivity contribution in [3.63, 3.8) is 0 Å². The first-order valence-electron chi connectivity index (χ1n) is 8.54. The van der Waals surface area contributed by atoms with E-state index in [9.17, 15) is 18.8 Å². The zero-order valence-corrected chi connectivity index (χ0v) is 15.3. The number of nitriles is 1. The highest BCUT2D eigenvalue weighted by Gasteiger charge is 2.16. The van der Waals surface area contributed by atoms with Crippen LogP contribution < -0.4 is 5.32 Å². The Morgan fingerprint density at radius 1 is 1.07 bits per heavy atom. The van der Waals surface area contributed by atoms with Crippen molar-refractivity contribution in [3.05, 3.63) is 88.8 Å². The number of halogens is 2. The van der Waals surface area contributed by atoms with E-state index in [1.807, 2.05) is 13.0 Å². The number of aryl methyl sites for hydroxylation is 1. The number of benzene rings is 2. The summed E-state index contributed by atoms with van der Waals surface area (Å²) in [6.07, 6.45) is 1.41. The summed E-state index contributed by atoms with van der Waals surface area (Å²) in [7, 11) is 0. The molecule has 0 atom stereocenters. The zero-order chi connectivity index (χ0) is 20.3. The van der Waals surface area contributed by atoms with Crippen LogP contribution in [0.3, 0.4) is 0 Å². The lowest BCUT2D eigenvalue weighted by Crippen LogP contribution is -2.14. The fourth-order valence-electron chi connectivity index (χ4n) is 2.99. The third kappa shape index (κ3) is 3.69. The molecule has 1 heterocycles. The largest absolute Gasteiger partial charge is 0.319 e. The van der Waals surface area contributed by atoms with E-state index in [-0.39, 0.29) is 17.1 Å². The number of hydrogen-bond donors (Lipinski definition) is 1. The Bertz CT molecular complexity index is 1120. The Kier molecular flexibility index (Phi) is 5.37. The average molecular weight is 377 g/mol. The van der Waals surface area contributed by atoms with Gasteiger partial charge in [-0.3, -0.25) is 4.79 Å². The standard InChI is InChI=1S/C22H17F2N3O/c1-14-11-16(15(2)27(14)21-10-6-4-8-19(21)24)12-17(13-25)22(28)26-20-9-5-3-7-18(20)23/h3-12H,1-2H3,(H,26,28). The van der Waals surface area contributed by atoms with Crippen LogP contribution in [0.4, 0.5) is 14.5 Å². The van der Waals surface area contributed by atoms with E-state index in [0.717, 1.165) is 5.69 Å². The maximum Gasteiger partial charge on any atom is 0.266 e. The molecule has 0 unspecified atom stereocenters. The number of hydrogen-bond acceptors (Lipinski definition) is 2. The number of carbonyl (C=O) groups excluding carboxylic acids is 1. The molecule has 1 N–H and O–H groups in total. The van der Waals surface area contributed by atoms with Crippen LogP contribution in [0.25, 0.3) is 11.8 Å². The van der Waals surface area contributed by atoms with E-state index in [4.69, 9.17) is 0 Å². The van der Waals surface area contributed by atoms with Gasteiger partial charge in [-0.2, -0.15) is 5.26 Å². The topological polar surface area (TPSA) is 57.8 Å². The molecule has 0 radical (unpaired) electrons. The third-order valence-corrected chi connectivity index (χ3v) is 4.35. The van der Waals surface area contributed by atoms with E-state index in [0.29, 0.717) is 16.9 Å². The van der Waals surface area contributed by atoms with Crippen molar-refractivity contribution < 1.29 is 13.6 Å². The van der Waals surface area contributed by atoms with Crippen molar-refractivity contribution in [1.29, 1.82) is 5.26 Å². The van der Waals surface area contributed by atoms with Crippen molar-refractivity contribution in [1.82, 2.24) is 4.57 Å². The minimum Gasteiger partial charge on any atom is -0.319 e. The summed E-state index contributed by atoms with van der Waals surface area (Å²) in [6, 6.07) is 15.7. The number of para-hydroxylation sites is 2. The predicted molar refractivity (Wildman–Crippen MR) is 104 cm³/mol. The second-order valence-corrected chi connectivity index (χ2v) is 6.22. The molecule has 1 amide bonds. The predicted octanol–water partition coefficient (Wildman–Crippen LogP) is 4.92. The SMILES string of the molecule is Cc1cc(C=C(C#N)C(=O)Nc2ccccc2F)c(C)n1-c1ccccc1F. The molecule has 3 aromatic rings. The molecular weight excluding hydrogens is 360 g/mol. The van der Waals surface area contributed by atoms with E-state index in [1.54, 1.807) is 41.8 Å². The Labute approximate surface area is 161 Å². The average Bonchev–Trinajstić information content (AvgIpc) is 2.95. The van der Waals surface area contributed by atoms with Gasteiger partial charge in [0.15, 0.2) is 0 Å². The maximum atomic E-state index is 14.2. The molecule has 4 nitrogen and oxygen atoms in total. The maximum absolute atomic E-state index is 14.2. The zero-order valence-electron chi connectivity index (χ0n) is 15.3.